The Balaban J connectivity index is 1.89. The minimum atomic E-state index is -2.68. The van der Waals surface area contributed by atoms with Crippen molar-refractivity contribution in [1.82, 2.24) is 4.90 Å². The molecule has 0 radical (unpaired) electrons. The maximum atomic E-state index is 13.0. The topological polar surface area (TPSA) is 46.3 Å². The Morgan fingerprint density at radius 3 is 2.38 bits per heavy atom. The van der Waals surface area contributed by atoms with Crippen LogP contribution in [0.4, 0.5) is 8.78 Å². The van der Waals surface area contributed by atoms with Crippen LogP contribution in [0.1, 0.15) is 32.1 Å². The van der Waals surface area contributed by atoms with Gasteiger partial charge in [-0.05, 0) is 25.7 Å². The normalized spacial score (nSPS) is 34.1. The molecule has 1 saturated carbocycles. The molecule has 2 aliphatic rings. The van der Waals surface area contributed by atoms with Crippen molar-refractivity contribution in [2.45, 2.75) is 44.1 Å². The van der Waals surface area contributed by atoms with E-state index in [9.17, 15) is 13.6 Å². The summed E-state index contributed by atoms with van der Waals surface area (Å²) in [5.41, 5.74) is 5.75. The van der Waals surface area contributed by atoms with Gasteiger partial charge >= 0.3 is 0 Å². The maximum Gasteiger partial charge on any atom is 0.267 e. The third-order valence-electron chi connectivity index (χ3n) is 3.60. The first kappa shape index (κ1) is 11.8. The quantitative estimate of drug-likeness (QED) is 0.742. The predicted octanol–water partition coefficient (Wildman–Crippen LogP) is 1.37. The third kappa shape index (κ3) is 2.51. The molecule has 2 fully saturated rings. The molecule has 3 nitrogen and oxygen atoms in total. The van der Waals surface area contributed by atoms with Gasteiger partial charge in [-0.2, -0.15) is 0 Å². The van der Waals surface area contributed by atoms with Crippen LogP contribution in [-0.2, 0) is 4.79 Å². The first-order valence-electron chi connectivity index (χ1n) is 5.90. The van der Waals surface area contributed by atoms with E-state index in [1.54, 1.807) is 0 Å². The number of alkyl halides is 2. The van der Waals surface area contributed by atoms with E-state index < -0.39 is 12.5 Å². The molecule has 1 heterocycles. The molecule has 0 aromatic heterocycles. The first-order chi connectivity index (χ1) is 7.48. The number of halogens is 2. The number of hydrogen-bond donors (Lipinski definition) is 1. The fourth-order valence-corrected chi connectivity index (χ4v) is 2.55. The van der Waals surface area contributed by atoms with Crippen LogP contribution in [0, 0.1) is 5.92 Å². The number of nitrogens with two attached hydrogens (primary N) is 1. The minimum absolute atomic E-state index is 0.0753. The fraction of sp³-hybridized carbons (Fsp3) is 0.909. The molecule has 1 aliphatic carbocycles. The van der Waals surface area contributed by atoms with Crippen LogP contribution < -0.4 is 5.73 Å². The van der Waals surface area contributed by atoms with E-state index in [2.05, 4.69) is 0 Å². The molecular formula is C11H18F2N2O. The smallest absolute Gasteiger partial charge is 0.267 e. The average molecular weight is 232 g/mol. The molecule has 1 saturated heterocycles. The Bertz CT molecular complexity index is 275. The van der Waals surface area contributed by atoms with Crippen molar-refractivity contribution in [1.29, 1.82) is 0 Å². The molecule has 0 spiro atoms. The Labute approximate surface area is 94.0 Å². The highest BCUT2D eigenvalue weighted by atomic mass is 19.3. The van der Waals surface area contributed by atoms with E-state index in [1.807, 2.05) is 0 Å². The zero-order chi connectivity index (χ0) is 11.8. The van der Waals surface area contributed by atoms with Gasteiger partial charge in [0.15, 0.2) is 0 Å². The van der Waals surface area contributed by atoms with E-state index >= 15 is 0 Å². The summed E-state index contributed by atoms with van der Waals surface area (Å²) in [5.74, 6) is -2.85. The zero-order valence-corrected chi connectivity index (χ0v) is 9.29. The lowest BCUT2D eigenvalue weighted by Crippen LogP contribution is -2.39. The highest BCUT2D eigenvalue weighted by Gasteiger charge is 2.42. The summed E-state index contributed by atoms with van der Waals surface area (Å²) in [5, 5.41) is 0. The van der Waals surface area contributed by atoms with Gasteiger partial charge in [0.25, 0.3) is 5.92 Å². The first-order valence-corrected chi connectivity index (χ1v) is 5.90. The number of amides is 1. The van der Waals surface area contributed by atoms with Gasteiger partial charge in [-0.25, -0.2) is 8.78 Å². The molecule has 2 N–H and O–H groups in total. The third-order valence-corrected chi connectivity index (χ3v) is 3.60. The van der Waals surface area contributed by atoms with E-state index in [4.69, 9.17) is 5.73 Å². The predicted molar refractivity (Wildman–Crippen MR) is 56.1 cm³/mol. The Morgan fingerprint density at radius 1 is 1.25 bits per heavy atom. The van der Waals surface area contributed by atoms with Gasteiger partial charge in [0.05, 0.1) is 6.54 Å². The van der Waals surface area contributed by atoms with Crippen molar-refractivity contribution in [2.75, 3.05) is 13.1 Å². The monoisotopic (exact) mass is 232 g/mol. The SMILES string of the molecule is NC1CCC(C(=O)N2CCC(F)(F)C2)CC1. The molecular weight excluding hydrogens is 214 g/mol. The summed E-state index contributed by atoms with van der Waals surface area (Å²) in [6.45, 7) is -0.192. The van der Waals surface area contributed by atoms with Crippen LogP contribution in [0.5, 0.6) is 0 Å². The largest absolute Gasteiger partial charge is 0.336 e. The minimum Gasteiger partial charge on any atom is -0.336 e. The van der Waals surface area contributed by atoms with Crippen molar-refractivity contribution in [3.05, 3.63) is 0 Å². The van der Waals surface area contributed by atoms with Crippen LogP contribution in [0.15, 0.2) is 0 Å². The molecule has 1 aliphatic heterocycles. The second kappa shape index (κ2) is 4.28. The van der Waals surface area contributed by atoms with Gasteiger partial charge in [0.1, 0.15) is 0 Å². The Hall–Kier alpha value is -0.710. The van der Waals surface area contributed by atoms with Crippen molar-refractivity contribution < 1.29 is 13.6 Å². The fourth-order valence-electron chi connectivity index (χ4n) is 2.55. The van der Waals surface area contributed by atoms with Crippen LogP contribution in [0.2, 0.25) is 0 Å². The lowest BCUT2D eigenvalue weighted by Gasteiger charge is -2.28. The summed E-state index contributed by atoms with van der Waals surface area (Å²) in [6.07, 6.45) is 2.98. The number of nitrogens with zero attached hydrogens (tertiary/aromatic N) is 1. The van der Waals surface area contributed by atoms with Gasteiger partial charge in [-0.1, -0.05) is 0 Å². The van der Waals surface area contributed by atoms with E-state index in [0.29, 0.717) is 0 Å². The summed E-state index contributed by atoms with van der Waals surface area (Å²) >= 11 is 0. The van der Waals surface area contributed by atoms with E-state index in [0.717, 1.165) is 25.7 Å². The van der Waals surface area contributed by atoms with Crippen molar-refractivity contribution in [3.63, 3.8) is 0 Å². The second-order valence-electron chi connectivity index (χ2n) is 4.98. The number of rotatable bonds is 1. The van der Waals surface area contributed by atoms with Crippen LogP contribution in [0.3, 0.4) is 0 Å². The summed E-state index contributed by atoms with van der Waals surface area (Å²) in [7, 11) is 0. The van der Waals surface area contributed by atoms with Crippen molar-refractivity contribution >= 4 is 5.91 Å². The van der Waals surface area contributed by atoms with Crippen molar-refractivity contribution in [2.24, 2.45) is 11.7 Å². The highest BCUT2D eigenvalue weighted by Crippen LogP contribution is 2.31. The van der Waals surface area contributed by atoms with Gasteiger partial charge < -0.3 is 10.6 Å². The Kier molecular flexibility index (Phi) is 3.15. The van der Waals surface area contributed by atoms with Gasteiger partial charge in [-0.3, -0.25) is 4.79 Å². The standard InChI is InChI=1S/C11H18F2N2O/c12-11(13)5-6-15(7-11)10(16)8-1-3-9(14)4-2-8/h8-9H,1-7,14H2. The van der Waals surface area contributed by atoms with Gasteiger partial charge in [-0.15, -0.1) is 0 Å². The second-order valence-corrected chi connectivity index (χ2v) is 4.98. The molecule has 0 aromatic carbocycles. The molecule has 1 amide bonds. The van der Waals surface area contributed by atoms with Crippen LogP contribution in [0.25, 0.3) is 0 Å². The lowest BCUT2D eigenvalue weighted by atomic mass is 9.85. The Morgan fingerprint density at radius 2 is 1.88 bits per heavy atom. The van der Waals surface area contributed by atoms with Crippen LogP contribution in [-0.4, -0.2) is 35.9 Å². The number of carbonyl (C=O) groups is 1. The summed E-state index contributed by atoms with van der Waals surface area (Å²) < 4.78 is 25.9. The molecule has 16 heavy (non-hydrogen) atoms. The van der Waals surface area contributed by atoms with Crippen molar-refractivity contribution in [3.8, 4) is 0 Å². The zero-order valence-electron chi connectivity index (χ0n) is 9.29. The highest BCUT2D eigenvalue weighted by molar-refractivity contribution is 5.79. The maximum absolute atomic E-state index is 13.0. The molecule has 0 aromatic rings. The number of carbonyl (C=O) groups excluding carboxylic acids is 1. The van der Waals surface area contributed by atoms with Crippen LogP contribution >= 0.6 is 0 Å². The molecule has 0 atom stereocenters. The molecule has 92 valence electrons. The molecule has 0 bridgehead atoms. The van der Waals surface area contributed by atoms with E-state index in [-0.39, 0.29) is 30.8 Å². The summed E-state index contributed by atoms with van der Waals surface area (Å²) in [4.78, 5) is 13.3. The molecule has 2 rings (SSSR count). The molecule has 0 unspecified atom stereocenters. The van der Waals surface area contributed by atoms with Gasteiger partial charge in [0.2, 0.25) is 5.91 Å². The molecule has 5 heteroatoms. The number of hydrogen-bond acceptors (Lipinski definition) is 2. The average Bonchev–Trinajstić information content (AvgIpc) is 2.59. The van der Waals surface area contributed by atoms with Gasteiger partial charge in [0, 0.05) is 24.9 Å². The summed E-state index contributed by atoms with van der Waals surface area (Å²) in [6, 6.07) is 0.184. The number of likely N-dealkylation sites (tertiary alicyclic amines) is 1. The lowest BCUT2D eigenvalue weighted by molar-refractivity contribution is -0.137. The van der Waals surface area contributed by atoms with E-state index in [1.165, 1.54) is 4.90 Å².